The number of aliphatic hydroxyl groups is 2. The van der Waals surface area contributed by atoms with Gasteiger partial charge in [0.2, 0.25) is 35.3 Å². The summed E-state index contributed by atoms with van der Waals surface area (Å²) >= 11 is 0. The number of anilines is 1. The van der Waals surface area contributed by atoms with E-state index in [1.165, 1.54) is 36.4 Å². The maximum Gasteiger partial charge on any atom is 0.351 e. The zero-order chi connectivity index (χ0) is 50.8. The number of nitrogens with zero attached hydrogens (tertiary/aromatic N) is 5. The van der Waals surface area contributed by atoms with Gasteiger partial charge in [0.15, 0.2) is 17.8 Å². The monoisotopic (exact) mass is 1020 g/mol. The molecule has 0 bridgehead atoms. The Kier molecular flexibility index (Phi) is 18.3. The van der Waals surface area contributed by atoms with E-state index >= 15 is 0 Å². The van der Waals surface area contributed by atoms with Crippen LogP contribution >= 0.6 is 0 Å². The van der Waals surface area contributed by atoms with Gasteiger partial charge in [-0.05, 0) is 69.6 Å². The molecule has 4 aromatic rings. The number of esters is 2. The van der Waals surface area contributed by atoms with Gasteiger partial charge in [0, 0.05) is 25.4 Å². The molecule has 27 heteroatoms. The number of rotatable bonds is 13. The number of nitrogens with two attached hydrogens (primary N) is 1. The largest absolute Gasteiger partial charge is 0.535 e. The number of hydrogen-bond acceptors (Lipinski definition) is 19. The number of aliphatic imine (C=N–C) groups is 1. The molecule has 2 unspecified atom stereocenters. The quantitative estimate of drug-likeness (QED) is 0.0409. The molecule has 0 aliphatic carbocycles. The molecule has 2 aromatic heterocycles. The van der Waals surface area contributed by atoms with Gasteiger partial charge < -0.3 is 43.7 Å². The zero-order valence-corrected chi connectivity index (χ0v) is 40.8. The first-order valence-electron chi connectivity index (χ1n) is 20.3. The average molecular weight is 1020 g/mol. The Labute approximate surface area is 390 Å². The van der Waals surface area contributed by atoms with Crippen LogP contribution in [0.1, 0.15) is 33.9 Å². The summed E-state index contributed by atoms with van der Waals surface area (Å²) in [5.74, 6) is -8.58. The van der Waals surface area contributed by atoms with Gasteiger partial charge >= 0.3 is 35.5 Å². The number of hydrogen-bond donors (Lipinski definition) is 3. The van der Waals surface area contributed by atoms with E-state index in [2.05, 4.69) is 63.4 Å². The number of nitrogen functional groups attached to an aromatic ring is 1. The maximum atomic E-state index is 14.8. The number of alkyl halides is 4. The Balaban J connectivity index is 0.000000236. The molecular formula is C41H52F4N6O14SSi2. The van der Waals surface area contributed by atoms with E-state index in [1.54, 1.807) is 36.5 Å². The highest BCUT2D eigenvalue weighted by Crippen LogP contribution is 2.42. The summed E-state index contributed by atoms with van der Waals surface area (Å²) in [4.78, 5) is 51.9. The Hall–Kier alpha value is -5.69. The second-order valence-corrected chi connectivity index (χ2v) is 27.2. The van der Waals surface area contributed by atoms with Gasteiger partial charge in [0.25, 0.3) is 10.1 Å². The lowest BCUT2D eigenvalue weighted by atomic mass is 10.1. The molecule has 6 rings (SSSR count). The van der Waals surface area contributed by atoms with Gasteiger partial charge in [0.1, 0.15) is 24.6 Å². The molecule has 2 saturated heterocycles. The summed E-state index contributed by atoms with van der Waals surface area (Å²) in [7, 11) is -7.66. The molecule has 0 saturated carbocycles. The summed E-state index contributed by atoms with van der Waals surface area (Å²) in [5.41, 5.74) is 4.36. The number of aromatic nitrogens is 4. The number of benzene rings is 2. The van der Waals surface area contributed by atoms with E-state index in [1.807, 2.05) is 6.92 Å². The summed E-state index contributed by atoms with van der Waals surface area (Å²) in [5, 5.41) is 18.1. The molecule has 2 fully saturated rings. The van der Waals surface area contributed by atoms with E-state index in [9.17, 15) is 45.5 Å². The zero-order valence-electron chi connectivity index (χ0n) is 38.0. The molecule has 2 aliphatic rings. The smallest absolute Gasteiger partial charge is 0.351 e. The van der Waals surface area contributed by atoms with Crippen LogP contribution < -0.4 is 15.8 Å². The van der Waals surface area contributed by atoms with Crippen molar-refractivity contribution in [2.45, 2.75) is 95.0 Å². The average Bonchev–Trinajstić information content (AvgIpc) is 3.60. The normalized spacial score (nSPS) is 22.1. The van der Waals surface area contributed by atoms with Crippen molar-refractivity contribution in [3.05, 3.63) is 107 Å². The molecule has 4 N–H and O–H groups in total. The molecule has 6 atom stereocenters. The Bertz CT molecular complexity index is 2540. The van der Waals surface area contributed by atoms with Crippen LogP contribution in [-0.2, 0) is 37.7 Å². The minimum absolute atomic E-state index is 0.00851. The van der Waals surface area contributed by atoms with Crippen molar-refractivity contribution in [2.75, 3.05) is 25.2 Å². The van der Waals surface area contributed by atoms with Crippen LogP contribution in [0.4, 0.5) is 29.2 Å². The fourth-order valence-corrected chi connectivity index (χ4v) is 7.94. The molecule has 68 heavy (non-hydrogen) atoms. The second kappa shape index (κ2) is 22.6. The summed E-state index contributed by atoms with van der Waals surface area (Å²) in [6.07, 6.45) is -8.97. The highest BCUT2D eigenvalue weighted by Gasteiger charge is 2.64. The van der Waals surface area contributed by atoms with Gasteiger partial charge in [-0.15, -0.1) is 0 Å². The first kappa shape index (κ1) is 54.9. The first-order valence-corrected chi connectivity index (χ1v) is 29.0. The van der Waals surface area contributed by atoms with Crippen molar-refractivity contribution in [3.63, 3.8) is 0 Å². The predicted octanol–water partition coefficient (Wildman–Crippen LogP) is 4.71. The van der Waals surface area contributed by atoms with Crippen LogP contribution in [0, 0.1) is 0 Å². The van der Waals surface area contributed by atoms with Crippen LogP contribution in [0.2, 0.25) is 39.3 Å². The third-order valence-electron chi connectivity index (χ3n) is 8.63. The number of aliphatic hydroxyl groups excluding tert-OH is 2. The fraction of sp³-hybridized carbons (Fsp3) is 0.439. The van der Waals surface area contributed by atoms with Crippen molar-refractivity contribution in [1.82, 2.24) is 19.5 Å². The molecule has 0 amide bonds. The first-order chi connectivity index (χ1) is 31.5. The van der Waals surface area contributed by atoms with Crippen LogP contribution in [0.25, 0.3) is 0 Å². The van der Waals surface area contributed by atoms with Gasteiger partial charge in [-0.2, -0.15) is 40.9 Å². The van der Waals surface area contributed by atoms with Crippen molar-refractivity contribution in [2.24, 2.45) is 4.99 Å². The van der Waals surface area contributed by atoms with Gasteiger partial charge in [-0.1, -0.05) is 36.4 Å². The molecule has 2 aliphatic heterocycles. The number of carbonyl (C=O) groups is 2. The standard InChI is InChI=1S/C20H18F2O8S.C12H23N3O2Si2.C9H11F2N3O4/c1-31(25,26)30-19-20(21,22)16(29-18(24)14-10-6-3-7-11-14)15(28-19)12-27-17(23)13-8-4-2-5-9-13;1-10(16-18(2,3)4)14-11-8-9-13-12(15-11)17-19(5,6)7;10-9(11)6(16)4(3-15)18-7(9)14-2-1-5(12)13-8(14)17/h2-11,15-16,19H,12H2,1H3;8-9H,1-7H3;1-2,4,6-7,15-16H,3H2,(H2,12,13,17)/t15-,16-,19?;;4-,6-,7?/m1.1/s1. The summed E-state index contributed by atoms with van der Waals surface area (Å²) < 4.78 is 116. The summed E-state index contributed by atoms with van der Waals surface area (Å²) in [6, 6.07) is 18.4. The number of halogens is 4. The van der Waals surface area contributed by atoms with Crippen LogP contribution in [0.5, 0.6) is 6.01 Å². The van der Waals surface area contributed by atoms with Crippen molar-refractivity contribution >= 4 is 56.2 Å². The molecule has 4 heterocycles. The Morgan fingerprint density at radius 2 is 1.46 bits per heavy atom. The molecule has 2 aromatic carbocycles. The predicted molar refractivity (Wildman–Crippen MR) is 240 cm³/mol. The lowest BCUT2D eigenvalue weighted by Crippen LogP contribution is -2.45. The van der Waals surface area contributed by atoms with Gasteiger partial charge in [-0.25, -0.2) is 23.6 Å². The lowest BCUT2D eigenvalue weighted by molar-refractivity contribution is -0.183. The van der Waals surface area contributed by atoms with Crippen molar-refractivity contribution < 1.29 is 77.8 Å². The Morgan fingerprint density at radius 1 is 0.868 bits per heavy atom. The lowest BCUT2D eigenvalue weighted by Gasteiger charge is -2.23. The summed E-state index contributed by atoms with van der Waals surface area (Å²) in [6.45, 7) is 12.9. The SMILES string of the molecule is CC(=Nc1ccnc(O[Si](C)(C)C)n1)O[Si](C)(C)C.CS(=O)(=O)OC1O[C@H](COC(=O)c2ccccc2)[C@@H](OC(=O)c2ccccc2)C1(F)F.Nc1ccn(C2O[C@H](CO)[C@@H](O)C2(F)F)c(=O)n1. The highest BCUT2D eigenvalue weighted by atomic mass is 32.2. The minimum atomic E-state index is -4.33. The van der Waals surface area contributed by atoms with E-state index in [-0.39, 0.29) is 16.9 Å². The number of ether oxygens (including phenoxy) is 4. The maximum absolute atomic E-state index is 14.8. The van der Waals surface area contributed by atoms with Crippen LogP contribution in [0.3, 0.4) is 0 Å². The minimum Gasteiger partial charge on any atom is -0.535 e. The second-order valence-electron chi connectivity index (χ2n) is 16.8. The van der Waals surface area contributed by atoms with Gasteiger partial charge in [0.05, 0.1) is 24.0 Å². The van der Waals surface area contributed by atoms with E-state index in [0.717, 1.165) is 12.3 Å². The Morgan fingerprint density at radius 3 is 1.97 bits per heavy atom. The fourth-order valence-electron chi connectivity index (χ4n) is 5.87. The van der Waals surface area contributed by atoms with E-state index in [0.29, 0.717) is 28.5 Å². The third-order valence-corrected chi connectivity index (χ3v) is 10.9. The molecule has 372 valence electrons. The molecule has 0 radical (unpaired) electrons. The van der Waals surface area contributed by atoms with Gasteiger partial charge in [-0.3, -0.25) is 4.57 Å². The highest BCUT2D eigenvalue weighted by molar-refractivity contribution is 7.86. The molecular weight excluding hydrogens is 965 g/mol. The topological polar surface area (TPSA) is 272 Å². The van der Waals surface area contributed by atoms with Crippen LogP contribution in [0.15, 0.2) is 95.0 Å². The van der Waals surface area contributed by atoms with Crippen molar-refractivity contribution in [1.29, 1.82) is 0 Å². The molecule has 20 nitrogen and oxygen atoms in total. The molecule has 0 spiro atoms. The van der Waals surface area contributed by atoms with E-state index in [4.69, 9.17) is 38.6 Å². The van der Waals surface area contributed by atoms with Crippen LogP contribution in [-0.4, -0.2) is 135 Å². The van der Waals surface area contributed by atoms with E-state index < -0.39 is 106 Å². The van der Waals surface area contributed by atoms with Crippen molar-refractivity contribution in [3.8, 4) is 6.01 Å². The number of carbonyl (C=O) groups excluding carboxylic acids is 2. The third kappa shape index (κ3) is 16.0.